The van der Waals surface area contributed by atoms with Crippen molar-refractivity contribution in [1.82, 2.24) is 10.6 Å². The maximum atomic E-state index is 13.2. The zero-order valence-electron chi connectivity index (χ0n) is 22.3. The number of nitrogens with two attached hydrogens (primary N) is 2. The first kappa shape index (κ1) is 33.2. The minimum atomic E-state index is -0.899. The Hall–Kier alpha value is -3.83. The molecule has 2 rings (SSSR count). The van der Waals surface area contributed by atoms with Crippen LogP contribution in [0.3, 0.4) is 0 Å². The Balaban J connectivity index is 0.00000760. The van der Waals surface area contributed by atoms with E-state index in [2.05, 4.69) is 20.9 Å². The molecule has 2 atom stereocenters. The van der Waals surface area contributed by atoms with Crippen molar-refractivity contribution >= 4 is 29.6 Å². The standard InChI is InChI=1S/C27H38N6O5.ClH/c1-18(2)15-23(33-27(37)38-17-20-7-4-3-5-8-20)25(36)32-22(9-6-14-30-26(28)29)24(35)31-21-12-10-19(16-34)11-13-21;/h3-5,7-8,10-13,18,22-23,34H,6,9,14-17H2,1-2H3,(H,31,35)(H,32,36)(H,33,37)(H4,28,29,30);1H/t22-,23-;/m0./s1. The van der Waals surface area contributed by atoms with Gasteiger partial charge in [-0.2, -0.15) is 0 Å². The van der Waals surface area contributed by atoms with Gasteiger partial charge in [-0.15, -0.1) is 0 Å². The van der Waals surface area contributed by atoms with E-state index in [4.69, 9.17) is 16.2 Å². The molecule has 3 amide bonds. The molecule has 0 saturated heterocycles. The number of hydrogen-bond donors (Lipinski definition) is 7. The number of benzene rings is 2. The van der Waals surface area contributed by atoms with Crippen molar-refractivity contribution in [2.24, 2.45) is 17.4 Å². The van der Waals surface area contributed by atoms with Crippen LogP contribution in [0.15, 0.2) is 54.6 Å². The van der Waals surface area contributed by atoms with E-state index in [1.54, 1.807) is 24.3 Å². The number of anilines is 1. The molecule has 0 aromatic heterocycles. The Labute approximate surface area is 235 Å². The topological polar surface area (TPSA) is 183 Å². The highest BCUT2D eigenvalue weighted by molar-refractivity contribution is 5.98. The summed E-state index contributed by atoms with van der Waals surface area (Å²) in [5.74, 6) is -0.766. The van der Waals surface area contributed by atoms with Crippen LogP contribution in [-0.4, -0.2) is 47.6 Å². The lowest BCUT2D eigenvalue weighted by molar-refractivity contribution is -0.459. The average Bonchev–Trinajstić information content (AvgIpc) is 2.89. The number of hydrogen-bond acceptors (Lipinski definition) is 5. The van der Waals surface area contributed by atoms with Gasteiger partial charge in [-0.25, -0.2) is 4.79 Å². The molecule has 0 aliphatic rings. The maximum absolute atomic E-state index is 13.2. The zero-order valence-corrected chi connectivity index (χ0v) is 23.0. The van der Waals surface area contributed by atoms with E-state index in [0.717, 1.165) is 5.56 Å². The largest absolute Gasteiger partial charge is 1.00 e. The van der Waals surface area contributed by atoms with Crippen LogP contribution in [0.1, 0.15) is 44.2 Å². The second kappa shape index (κ2) is 17.6. The highest BCUT2D eigenvalue weighted by Crippen LogP contribution is 2.12. The highest BCUT2D eigenvalue weighted by Gasteiger charge is 2.28. The van der Waals surface area contributed by atoms with Crippen LogP contribution in [-0.2, 0) is 27.5 Å². The molecule has 214 valence electrons. The van der Waals surface area contributed by atoms with E-state index in [-0.39, 0.29) is 37.5 Å². The molecule has 0 heterocycles. The van der Waals surface area contributed by atoms with Crippen LogP contribution >= 0.6 is 0 Å². The summed E-state index contributed by atoms with van der Waals surface area (Å²) in [6.07, 6.45) is 0.405. The predicted octanol–water partition coefficient (Wildman–Crippen LogP) is -2.92. The van der Waals surface area contributed by atoms with Gasteiger partial charge < -0.3 is 38.2 Å². The molecular formula is C27H39ClN6O5. The van der Waals surface area contributed by atoms with Gasteiger partial charge in [0.1, 0.15) is 18.7 Å². The van der Waals surface area contributed by atoms with Crippen LogP contribution in [0.4, 0.5) is 10.5 Å². The molecule has 2 aromatic rings. The molecular weight excluding hydrogens is 524 g/mol. The first-order valence-corrected chi connectivity index (χ1v) is 12.6. The first-order valence-electron chi connectivity index (χ1n) is 12.6. The van der Waals surface area contributed by atoms with Gasteiger partial charge in [0, 0.05) is 5.69 Å². The molecule has 0 radical (unpaired) electrons. The van der Waals surface area contributed by atoms with Crippen molar-refractivity contribution in [3.63, 3.8) is 0 Å². The number of aliphatic hydroxyl groups is 1. The van der Waals surface area contributed by atoms with Crippen LogP contribution in [0.5, 0.6) is 0 Å². The number of carbonyl (C=O) groups is 3. The fourth-order valence-corrected chi connectivity index (χ4v) is 3.61. The number of carbonyl (C=O) groups excluding carboxylic acids is 3. The molecule has 0 unspecified atom stereocenters. The Kier molecular flexibility index (Phi) is 15.0. The Morgan fingerprint density at radius 2 is 1.59 bits per heavy atom. The third kappa shape index (κ3) is 13.0. The molecule has 39 heavy (non-hydrogen) atoms. The number of guanidine groups is 1. The van der Waals surface area contributed by atoms with Gasteiger partial charge >= 0.3 is 12.1 Å². The van der Waals surface area contributed by atoms with Gasteiger partial charge in [0.2, 0.25) is 11.8 Å². The average molecular weight is 563 g/mol. The molecule has 9 N–H and O–H groups in total. The molecule has 0 spiro atoms. The van der Waals surface area contributed by atoms with E-state index in [1.165, 1.54) is 0 Å². The molecule has 0 aliphatic carbocycles. The number of ether oxygens (including phenoxy) is 1. The van der Waals surface area contributed by atoms with Crippen LogP contribution in [0.2, 0.25) is 0 Å². The van der Waals surface area contributed by atoms with Crippen molar-refractivity contribution in [3.8, 4) is 0 Å². The normalized spacial score (nSPS) is 11.9. The number of rotatable bonds is 14. The quantitative estimate of drug-likeness (QED) is 0.0731. The fourth-order valence-electron chi connectivity index (χ4n) is 3.61. The van der Waals surface area contributed by atoms with Gasteiger partial charge in [0.25, 0.3) is 0 Å². The third-order valence-electron chi connectivity index (χ3n) is 5.56. The smallest absolute Gasteiger partial charge is 0.408 e. The van der Waals surface area contributed by atoms with Gasteiger partial charge in [0.05, 0.1) is 13.2 Å². The highest BCUT2D eigenvalue weighted by atomic mass is 35.5. The van der Waals surface area contributed by atoms with E-state index < -0.39 is 30.0 Å². The van der Waals surface area contributed by atoms with Crippen LogP contribution in [0, 0.1) is 5.92 Å². The number of amides is 3. The van der Waals surface area contributed by atoms with E-state index >= 15 is 0 Å². The summed E-state index contributed by atoms with van der Waals surface area (Å²) in [4.78, 5) is 41.6. The van der Waals surface area contributed by atoms with Crippen molar-refractivity contribution in [2.75, 3.05) is 11.9 Å². The summed E-state index contributed by atoms with van der Waals surface area (Å²) in [7, 11) is 0. The van der Waals surface area contributed by atoms with Gasteiger partial charge in [-0.3, -0.25) is 26.0 Å². The van der Waals surface area contributed by atoms with Crippen LogP contribution < -0.4 is 44.8 Å². The van der Waals surface area contributed by atoms with Crippen molar-refractivity contribution in [1.29, 1.82) is 0 Å². The second-order valence-electron chi connectivity index (χ2n) is 9.32. The third-order valence-corrected chi connectivity index (χ3v) is 5.56. The lowest BCUT2D eigenvalue weighted by Gasteiger charge is -2.24. The van der Waals surface area contributed by atoms with E-state index in [1.807, 2.05) is 44.2 Å². The lowest BCUT2D eigenvalue weighted by atomic mass is 10.0. The van der Waals surface area contributed by atoms with E-state index in [0.29, 0.717) is 37.1 Å². The summed E-state index contributed by atoms with van der Waals surface area (Å²) >= 11 is 0. The van der Waals surface area contributed by atoms with Crippen LogP contribution in [0.25, 0.3) is 0 Å². The number of nitrogens with one attached hydrogen (secondary N) is 4. The second-order valence-corrected chi connectivity index (χ2v) is 9.32. The SMILES string of the molecule is CC(C)C[C@H](NC(=O)OCc1ccccc1)C(=O)N[C@@H](CCC[NH+]=C(N)N)C(=O)Nc1ccc(CO)cc1.[Cl-]. The van der Waals surface area contributed by atoms with Gasteiger partial charge in [0.15, 0.2) is 0 Å². The van der Waals surface area contributed by atoms with E-state index in [9.17, 15) is 19.5 Å². The molecule has 0 fully saturated rings. The Bertz CT molecular complexity index is 1060. The van der Waals surface area contributed by atoms with Crippen molar-refractivity contribution < 1.29 is 41.6 Å². The predicted molar refractivity (Wildman–Crippen MR) is 144 cm³/mol. The number of aliphatic hydroxyl groups excluding tert-OH is 1. The minimum absolute atomic E-state index is 0. The van der Waals surface area contributed by atoms with Gasteiger partial charge in [-0.1, -0.05) is 56.3 Å². The first-order chi connectivity index (χ1) is 18.2. The molecule has 2 aromatic carbocycles. The van der Waals surface area contributed by atoms with Gasteiger partial charge in [-0.05, 0) is 48.4 Å². The minimum Gasteiger partial charge on any atom is -1.00 e. The number of alkyl carbamates (subject to hydrolysis) is 1. The Morgan fingerprint density at radius 1 is 0.923 bits per heavy atom. The summed E-state index contributed by atoms with van der Waals surface area (Å²) in [6, 6.07) is 14.1. The maximum Gasteiger partial charge on any atom is 0.408 e. The fraction of sp³-hybridized carbons (Fsp3) is 0.407. The Morgan fingerprint density at radius 3 is 2.18 bits per heavy atom. The molecule has 11 nitrogen and oxygen atoms in total. The molecule has 0 saturated carbocycles. The van der Waals surface area contributed by atoms with Crippen molar-refractivity contribution in [3.05, 3.63) is 65.7 Å². The number of halogens is 1. The molecule has 12 heteroatoms. The summed E-state index contributed by atoms with van der Waals surface area (Å²) in [5.41, 5.74) is 12.9. The summed E-state index contributed by atoms with van der Waals surface area (Å²) in [5, 5.41) is 17.4. The monoisotopic (exact) mass is 562 g/mol. The molecule has 0 aliphatic heterocycles. The summed E-state index contributed by atoms with van der Waals surface area (Å²) < 4.78 is 5.28. The molecule has 0 bridgehead atoms. The summed E-state index contributed by atoms with van der Waals surface area (Å²) in [6.45, 7) is 4.22. The lowest BCUT2D eigenvalue weighted by Crippen LogP contribution is -3.00. The van der Waals surface area contributed by atoms with Crippen molar-refractivity contribution in [2.45, 2.75) is 58.4 Å². The zero-order chi connectivity index (χ0) is 27.9.